The van der Waals surface area contributed by atoms with Crippen molar-refractivity contribution in [3.8, 4) is 0 Å². The van der Waals surface area contributed by atoms with Crippen LogP contribution in [0.25, 0.3) is 0 Å². The molecule has 19 heavy (non-hydrogen) atoms. The van der Waals surface area contributed by atoms with Crippen LogP contribution in [0.5, 0.6) is 0 Å². The summed E-state index contributed by atoms with van der Waals surface area (Å²) in [6.45, 7) is 11.8. The van der Waals surface area contributed by atoms with Crippen molar-refractivity contribution in [3.05, 3.63) is 28.2 Å². The standard InChI is InChI=1S/C15H24BrN3/c1-15(2,3)19-9-7-18(8-10-19)14-6-4-5-13(16)12(14)11-17/h4-6H,7-11,17H2,1-3H3. The van der Waals surface area contributed by atoms with Crippen LogP contribution in [-0.4, -0.2) is 36.6 Å². The Hall–Kier alpha value is -0.580. The van der Waals surface area contributed by atoms with Gasteiger partial charge in [0.1, 0.15) is 0 Å². The monoisotopic (exact) mass is 325 g/mol. The van der Waals surface area contributed by atoms with E-state index in [0.29, 0.717) is 6.54 Å². The summed E-state index contributed by atoms with van der Waals surface area (Å²) >= 11 is 3.60. The minimum Gasteiger partial charge on any atom is -0.369 e. The first-order valence-electron chi connectivity index (χ1n) is 6.91. The third-order valence-electron chi connectivity index (χ3n) is 3.87. The number of piperazine rings is 1. The van der Waals surface area contributed by atoms with Crippen LogP contribution in [0.3, 0.4) is 0 Å². The Morgan fingerprint density at radius 1 is 1.16 bits per heavy atom. The molecular weight excluding hydrogens is 302 g/mol. The molecule has 1 aromatic carbocycles. The Morgan fingerprint density at radius 2 is 1.79 bits per heavy atom. The van der Waals surface area contributed by atoms with Gasteiger partial charge in [0, 0.05) is 54.0 Å². The first kappa shape index (κ1) is 14.8. The SMILES string of the molecule is CC(C)(C)N1CCN(c2cccc(Br)c2CN)CC1. The molecule has 1 aliphatic rings. The van der Waals surface area contributed by atoms with Gasteiger partial charge >= 0.3 is 0 Å². The molecule has 1 fully saturated rings. The second-order valence-electron chi connectivity index (χ2n) is 6.09. The lowest BCUT2D eigenvalue weighted by Gasteiger charge is -2.43. The molecule has 0 atom stereocenters. The van der Waals surface area contributed by atoms with Crippen molar-refractivity contribution >= 4 is 21.6 Å². The van der Waals surface area contributed by atoms with Crippen LogP contribution >= 0.6 is 15.9 Å². The molecule has 2 N–H and O–H groups in total. The molecule has 0 aliphatic carbocycles. The lowest BCUT2D eigenvalue weighted by Crippen LogP contribution is -2.53. The normalized spacial score (nSPS) is 17.8. The highest BCUT2D eigenvalue weighted by Crippen LogP contribution is 2.29. The fourth-order valence-corrected chi connectivity index (χ4v) is 3.18. The quantitative estimate of drug-likeness (QED) is 0.907. The maximum Gasteiger partial charge on any atom is 0.0424 e. The Bertz CT molecular complexity index is 432. The third kappa shape index (κ3) is 3.30. The molecule has 0 bridgehead atoms. The Morgan fingerprint density at radius 3 is 2.32 bits per heavy atom. The van der Waals surface area contributed by atoms with Gasteiger partial charge in [-0.15, -0.1) is 0 Å². The van der Waals surface area contributed by atoms with Gasteiger partial charge in [-0.1, -0.05) is 22.0 Å². The van der Waals surface area contributed by atoms with Gasteiger partial charge in [-0.3, -0.25) is 4.90 Å². The minimum absolute atomic E-state index is 0.264. The lowest BCUT2D eigenvalue weighted by molar-refractivity contribution is 0.128. The molecule has 2 rings (SSSR count). The number of benzene rings is 1. The van der Waals surface area contributed by atoms with Crippen LogP contribution in [0.15, 0.2) is 22.7 Å². The van der Waals surface area contributed by atoms with Crippen molar-refractivity contribution in [1.29, 1.82) is 0 Å². The first-order valence-corrected chi connectivity index (χ1v) is 7.70. The van der Waals surface area contributed by atoms with E-state index in [4.69, 9.17) is 5.73 Å². The molecule has 4 heteroatoms. The van der Waals surface area contributed by atoms with Crippen molar-refractivity contribution < 1.29 is 0 Å². The molecule has 1 aromatic rings. The van der Waals surface area contributed by atoms with E-state index in [1.165, 1.54) is 11.3 Å². The molecule has 106 valence electrons. The zero-order valence-electron chi connectivity index (χ0n) is 12.1. The zero-order valence-corrected chi connectivity index (χ0v) is 13.7. The van der Waals surface area contributed by atoms with E-state index in [-0.39, 0.29) is 5.54 Å². The number of nitrogens with zero attached hydrogens (tertiary/aromatic N) is 2. The summed E-state index contributed by atoms with van der Waals surface area (Å²) in [5, 5.41) is 0. The van der Waals surface area contributed by atoms with Gasteiger partial charge in [-0.2, -0.15) is 0 Å². The van der Waals surface area contributed by atoms with Crippen molar-refractivity contribution in [2.45, 2.75) is 32.9 Å². The first-order chi connectivity index (χ1) is 8.93. The van der Waals surface area contributed by atoms with Crippen LogP contribution < -0.4 is 10.6 Å². The molecule has 1 aliphatic heterocycles. The summed E-state index contributed by atoms with van der Waals surface area (Å²) < 4.78 is 1.12. The van der Waals surface area contributed by atoms with Gasteiger partial charge in [0.15, 0.2) is 0 Å². The third-order valence-corrected chi connectivity index (χ3v) is 4.61. The van der Waals surface area contributed by atoms with Crippen LogP contribution in [0.2, 0.25) is 0 Å². The number of hydrogen-bond acceptors (Lipinski definition) is 3. The van der Waals surface area contributed by atoms with Crippen molar-refractivity contribution in [3.63, 3.8) is 0 Å². The van der Waals surface area contributed by atoms with Gasteiger partial charge in [0.05, 0.1) is 0 Å². The van der Waals surface area contributed by atoms with Gasteiger partial charge in [-0.05, 0) is 32.9 Å². The molecule has 0 unspecified atom stereocenters. The Kier molecular flexibility index (Phi) is 4.54. The summed E-state index contributed by atoms with van der Waals surface area (Å²) in [4.78, 5) is 5.00. The highest BCUT2D eigenvalue weighted by molar-refractivity contribution is 9.10. The zero-order chi connectivity index (χ0) is 14.0. The van der Waals surface area contributed by atoms with Crippen molar-refractivity contribution in [1.82, 2.24) is 4.90 Å². The van der Waals surface area contributed by atoms with Gasteiger partial charge in [-0.25, -0.2) is 0 Å². The summed E-state index contributed by atoms with van der Waals surface area (Å²) in [5.41, 5.74) is 8.65. The second kappa shape index (κ2) is 5.81. The predicted molar refractivity (Wildman–Crippen MR) is 85.6 cm³/mol. The van der Waals surface area contributed by atoms with Crippen LogP contribution in [0.4, 0.5) is 5.69 Å². The van der Waals surface area contributed by atoms with E-state index in [9.17, 15) is 0 Å². The molecule has 0 saturated carbocycles. The molecule has 0 spiro atoms. The molecule has 0 aromatic heterocycles. The van der Waals surface area contributed by atoms with Gasteiger partial charge in [0.25, 0.3) is 0 Å². The number of rotatable bonds is 2. The highest BCUT2D eigenvalue weighted by atomic mass is 79.9. The molecule has 1 heterocycles. The summed E-state index contributed by atoms with van der Waals surface area (Å²) in [6.07, 6.45) is 0. The van der Waals surface area contributed by atoms with Gasteiger partial charge in [0.2, 0.25) is 0 Å². The number of anilines is 1. The van der Waals surface area contributed by atoms with E-state index in [1.54, 1.807) is 0 Å². The lowest BCUT2D eigenvalue weighted by atomic mass is 10.0. The van der Waals surface area contributed by atoms with E-state index in [2.05, 4.69) is 64.7 Å². The van der Waals surface area contributed by atoms with Gasteiger partial charge < -0.3 is 10.6 Å². The second-order valence-corrected chi connectivity index (χ2v) is 6.94. The topological polar surface area (TPSA) is 32.5 Å². The predicted octanol–water partition coefficient (Wildman–Crippen LogP) is 2.83. The fourth-order valence-electron chi connectivity index (χ4n) is 2.66. The summed E-state index contributed by atoms with van der Waals surface area (Å²) in [5.74, 6) is 0. The highest BCUT2D eigenvalue weighted by Gasteiger charge is 2.26. The summed E-state index contributed by atoms with van der Waals surface area (Å²) in [7, 11) is 0. The van der Waals surface area contributed by atoms with Crippen molar-refractivity contribution in [2.24, 2.45) is 5.73 Å². The minimum atomic E-state index is 0.264. The molecular formula is C15H24BrN3. The van der Waals surface area contributed by atoms with Crippen molar-refractivity contribution in [2.75, 3.05) is 31.1 Å². The Balaban J connectivity index is 2.12. The smallest absolute Gasteiger partial charge is 0.0424 e. The number of nitrogens with two attached hydrogens (primary N) is 1. The maximum absolute atomic E-state index is 5.89. The number of halogens is 1. The molecule has 0 amide bonds. The van der Waals surface area contributed by atoms with E-state index < -0.39 is 0 Å². The largest absolute Gasteiger partial charge is 0.369 e. The summed E-state index contributed by atoms with van der Waals surface area (Å²) in [6, 6.07) is 6.34. The van der Waals surface area contributed by atoms with Crippen LogP contribution in [-0.2, 0) is 6.54 Å². The fraction of sp³-hybridized carbons (Fsp3) is 0.600. The van der Waals surface area contributed by atoms with E-state index in [0.717, 1.165) is 30.7 Å². The molecule has 0 radical (unpaired) electrons. The van der Waals surface area contributed by atoms with Crippen LogP contribution in [0.1, 0.15) is 26.3 Å². The number of hydrogen-bond donors (Lipinski definition) is 1. The average Bonchev–Trinajstić information content (AvgIpc) is 2.37. The maximum atomic E-state index is 5.89. The van der Waals surface area contributed by atoms with Crippen LogP contribution in [0, 0.1) is 0 Å². The Labute approximate surface area is 124 Å². The van der Waals surface area contributed by atoms with E-state index >= 15 is 0 Å². The average molecular weight is 326 g/mol. The van der Waals surface area contributed by atoms with E-state index in [1.807, 2.05) is 0 Å². The molecule has 3 nitrogen and oxygen atoms in total. The molecule has 1 saturated heterocycles.